The van der Waals surface area contributed by atoms with Crippen molar-refractivity contribution in [1.82, 2.24) is 9.80 Å². The molecule has 4 aliphatic rings. The van der Waals surface area contributed by atoms with Gasteiger partial charge in [-0.3, -0.25) is 14.6 Å². The van der Waals surface area contributed by atoms with Gasteiger partial charge in [-0.05, 0) is 25.7 Å². The molecular formula is C18H32N2O4. The number of piperidine rings is 2. The molecule has 4 fully saturated rings. The summed E-state index contributed by atoms with van der Waals surface area (Å²) in [6.45, 7) is 7.59. The third-order valence-electron chi connectivity index (χ3n) is 5.70. The van der Waals surface area contributed by atoms with Crippen molar-refractivity contribution < 1.29 is 19.4 Å². The number of hydrogen-bond acceptors (Lipinski definition) is 6. The molecule has 2 unspecified atom stereocenters. The zero-order valence-corrected chi connectivity index (χ0v) is 14.7. The second-order valence-corrected chi connectivity index (χ2v) is 7.38. The number of hydrogen-bond donors (Lipinski definition) is 1. The Labute approximate surface area is 145 Å². The Kier molecular flexibility index (Phi) is 7.04. The van der Waals surface area contributed by atoms with Crippen molar-refractivity contribution in [2.24, 2.45) is 0 Å². The first kappa shape index (κ1) is 18.3. The van der Waals surface area contributed by atoms with Gasteiger partial charge in [0.15, 0.2) is 0 Å². The second kappa shape index (κ2) is 9.25. The van der Waals surface area contributed by atoms with Crippen LogP contribution in [0.5, 0.6) is 0 Å². The van der Waals surface area contributed by atoms with Gasteiger partial charge < -0.3 is 14.6 Å². The average molecular weight is 340 g/mol. The zero-order valence-electron chi connectivity index (χ0n) is 14.7. The summed E-state index contributed by atoms with van der Waals surface area (Å²) in [5, 5.41) is 9.31. The van der Waals surface area contributed by atoms with Crippen LogP contribution in [-0.4, -0.2) is 91.5 Å². The maximum absolute atomic E-state index is 11.0. The molecule has 0 aromatic carbocycles. The topological polar surface area (TPSA) is 62.2 Å². The van der Waals surface area contributed by atoms with Crippen LogP contribution < -0.4 is 0 Å². The van der Waals surface area contributed by atoms with Crippen molar-refractivity contribution in [3.8, 4) is 0 Å². The van der Waals surface area contributed by atoms with E-state index in [1.54, 1.807) is 0 Å². The van der Waals surface area contributed by atoms with Crippen LogP contribution in [-0.2, 0) is 14.3 Å². The third-order valence-corrected chi connectivity index (χ3v) is 5.70. The van der Waals surface area contributed by atoms with Gasteiger partial charge in [0, 0.05) is 64.3 Å². The number of rotatable bonds is 2. The summed E-state index contributed by atoms with van der Waals surface area (Å²) >= 11 is 0. The summed E-state index contributed by atoms with van der Waals surface area (Å²) in [5.41, 5.74) is 0. The molecular weight excluding hydrogens is 308 g/mol. The van der Waals surface area contributed by atoms with Gasteiger partial charge in [-0.1, -0.05) is 0 Å². The lowest BCUT2D eigenvalue weighted by Crippen LogP contribution is -2.43. The van der Waals surface area contributed by atoms with Gasteiger partial charge >= 0.3 is 0 Å². The highest BCUT2D eigenvalue weighted by Crippen LogP contribution is 2.18. The van der Waals surface area contributed by atoms with Gasteiger partial charge in [-0.15, -0.1) is 0 Å². The van der Waals surface area contributed by atoms with Crippen LogP contribution in [0.1, 0.15) is 38.5 Å². The molecule has 0 aromatic heterocycles. The molecule has 0 bridgehead atoms. The van der Waals surface area contributed by atoms with Crippen molar-refractivity contribution in [2.75, 3.05) is 52.6 Å². The normalized spacial score (nSPS) is 33.5. The summed E-state index contributed by atoms with van der Waals surface area (Å²) in [5.74, 6) is 0.421. The van der Waals surface area contributed by atoms with Crippen LogP contribution >= 0.6 is 0 Å². The van der Waals surface area contributed by atoms with E-state index in [1.165, 1.54) is 6.42 Å². The van der Waals surface area contributed by atoms with Crippen LogP contribution in [0.3, 0.4) is 0 Å². The number of ketones is 1. The lowest BCUT2D eigenvalue weighted by molar-refractivity contribution is -0.121. The van der Waals surface area contributed by atoms with Crippen LogP contribution in [0.25, 0.3) is 0 Å². The average Bonchev–Trinajstić information content (AvgIpc) is 3.31. The maximum Gasteiger partial charge on any atom is 0.135 e. The number of aliphatic hydroxyl groups excluding tert-OH is 1. The minimum atomic E-state index is -0.0522. The van der Waals surface area contributed by atoms with Gasteiger partial charge in [0.05, 0.1) is 19.3 Å². The van der Waals surface area contributed by atoms with Crippen molar-refractivity contribution in [1.29, 1.82) is 0 Å². The molecule has 4 heterocycles. The molecule has 0 aromatic rings. The fourth-order valence-corrected chi connectivity index (χ4v) is 4.01. The Hall–Kier alpha value is -0.530. The van der Waals surface area contributed by atoms with E-state index in [0.717, 1.165) is 84.7 Å². The molecule has 0 amide bonds. The number of nitrogens with zero attached hydrogens (tertiary/aromatic N) is 2. The standard InChI is InChI=1S/C9H17NO2.C9H15NO2/c2*11-9-1-4-10(5-2-9)8-3-6-12-7-8/h8-9,11H,1-7H2;8H,1-7H2. The van der Waals surface area contributed by atoms with Gasteiger partial charge in [0.1, 0.15) is 5.78 Å². The summed E-state index contributed by atoms with van der Waals surface area (Å²) in [6, 6.07) is 1.23. The predicted octanol–water partition coefficient (Wildman–Crippen LogP) is 0.672. The molecule has 138 valence electrons. The zero-order chi connectivity index (χ0) is 16.8. The molecule has 6 heteroatoms. The van der Waals surface area contributed by atoms with Crippen LogP contribution in [0.15, 0.2) is 0 Å². The number of Topliss-reactive ketones (excluding diaryl/α,β-unsaturated/α-hetero) is 1. The monoisotopic (exact) mass is 340 g/mol. The van der Waals surface area contributed by atoms with Gasteiger partial charge in [0.25, 0.3) is 0 Å². The largest absolute Gasteiger partial charge is 0.393 e. The smallest absolute Gasteiger partial charge is 0.135 e. The van der Waals surface area contributed by atoms with Gasteiger partial charge in [-0.2, -0.15) is 0 Å². The summed E-state index contributed by atoms with van der Waals surface area (Å²) in [6.07, 6.45) is 5.65. The van der Waals surface area contributed by atoms with E-state index in [0.29, 0.717) is 17.9 Å². The fraction of sp³-hybridized carbons (Fsp3) is 0.944. The Bertz CT molecular complexity index is 376. The molecule has 24 heavy (non-hydrogen) atoms. The molecule has 0 saturated carbocycles. The highest BCUT2D eigenvalue weighted by Gasteiger charge is 2.27. The number of carbonyl (C=O) groups excluding carboxylic acids is 1. The molecule has 2 atom stereocenters. The Morgan fingerprint density at radius 2 is 1.29 bits per heavy atom. The van der Waals surface area contributed by atoms with E-state index in [1.807, 2.05) is 0 Å². The van der Waals surface area contributed by atoms with Crippen molar-refractivity contribution in [3.63, 3.8) is 0 Å². The SMILES string of the molecule is O=C1CCN(C2CCOC2)CC1.OC1CCN(C2CCOC2)CC1. The Morgan fingerprint density at radius 1 is 0.792 bits per heavy atom. The lowest BCUT2D eigenvalue weighted by atomic mass is 10.1. The molecule has 0 spiro atoms. The molecule has 6 nitrogen and oxygen atoms in total. The van der Waals surface area contributed by atoms with Crippen molar-refractivity contribution in [2.45, 2.75) is 56.7 Å². The summed E-state index contributed by atoms with van der Waals surface area (Å²) < 4.78 is 10.6. The number of carbonyl (C=O) groups is 1. The molecule has 4 aliphatic heterocycles. The Morgan fingerprint density at radius 3 is 1.75 bits per heavy atom. The van der Waals surface area contributed by atoms with Crippen LogP contribution in [0.2, 0.25) is 0 Å². The third kappa shape index (κ3) is 5.23. The number of aliphatic hydroxyl groups is 1. The van der Waals surface area contributed by atoms with Gasteiger partial charge in [-0.25, -0.2) is 0 Å². The molecule has 0 aliphatic carbocycles. The minimum Gasteiger partial charge on any atom is -0.393 e. The number of likely N-dealkylation sites (tertiary alicyclic amines) is 2. The Balaban J connectivity index is 0.000000141. The molecule has 4 rings (SSSR count). The lowest BCUT2D eigenvalue weighted by Gasteiger charge is -2.33. The quantitative estimate of drug-likeness (QED) is 0.797. The van der Waals surface area contributed by atoms with E-state index in [4.69, 9.17) is 9.47 Å². The van der Waals surface area contributed by atoms with E-state index in [9.17, 15) is 9.90 Å². The molecule has 4 saturated heterocycles. The van der Waals surface area contributed by atoms with Crippen molar-refractivity contribution in [3.05, 3.63) is 0 Å². The van der Waals surface area contributed by atoms with E-state index >= 15 is 0 Å². The van der Waals surface area contributed by atoms with Crippen LogP contribution in [0.4, 0.5) is 0 Å². The first-order chi connectivity index (χ1) is 11.7. The predicted molar refractivity (Wildman–Crippen MR) is 91.1 cm³/mol. The molecule has 1 N–H and O–H groups in total. The van der Waals surface area contributed by atoms with E-state index < -0.39 is 0 Å². The van der Waals surface area contributed by atoms with E-state index in [-0.39, 0.29) is 6.10 Å². The first-order valence-corrected chi connectivity index (χ1v) is 9.55. The van der Waals surface area contributed by atoms with Crippen molar-refractivity contribution >= 4 is 5.78 Å². The summed E-state index contributed by atoms with van der Waals surface area (Å²) in [4.78, 5) is 15.8. The number of ether oxygens (including phenoxy) is 2. The van der Waals surface area contributed by atoms with E-state index in [2.05, 4.69) is 9.80 Å². The second-order valence-electron chi connectivity index (χ2n) is 7.38. The minimum absolute atomic E-state index is 0.0522. The first-order valence-electron chi connectivity index (χ1n) is 9.55. The van der Waals surface area contributed by atoms with Crippen LogP contribution in [0, 0.1) is 0 Å². The highest BCUT2D eigenvalue weighted by atomic mass is 16.5. The summed E-state index contributed by atoms with van der Waals surface area (Å²) in [7, 11) is 0. The molecule has 0 radical (unpaired) electrons. The highest BCUT2D eigenvalue weighted by molar-refractivity contribution is 5.79. The fourth-order valence-electron chi connectivity index (χ4n) is 4.01. The van der Waals surface area contributed by atoms with Gasteiger partial charge in [0.2, 0.25) is 0 Å². The maximum atomic E-state index is 11.0.